The summed E-state index contributed by atoms with van der Waals surface area (Å²) >= 11 is 0. The Labute approximate surface area is 101 Å². The number of likely N-dealkylation sites (tertiary alicyclic amines) is 1. The normalized spacial score (nSPS) is 20.1. The van der Waals surface area contributed by atoms with Gasteiger partial charge in [-0.25, -0.2) is 0 Å². The number of β-amino-alcohol motifs (C(OH)–C–C–N with tert-alkyl or cyclic N) is 1. The molecule has 1 saturated heterocycles. The number of piperidine rings is 1. The maximum absolute atomic E-state index is 12.1. The highest BCUT2D eigenvalue weighted by Crippen LogP contribution is 2.16. The zero-order valence-electron chi connectivity index (χ0n) is 9.93. The Bertz CT molecular complexity index is 388. The number of carbonyl (C=O) groups excluding carboxylic acids is 1. The fourth-order valence-corrected chi connectivity index (χ4v) is 2.06. The average Bonchev–Trinajstić information content (AvgIpc) is 2.38. The highest BCUT2D eigenvalue weighted by atomic mass is 16.5. The molecule has 17 heavy (non-hydrogen) atoms. The summed E-state index contributed by atoms with van der Waals surface area (Å²) in [5.41, 5.74) is 0.639. The fraction of sp³-hybridized carbons (Fsp3) is 0.462. The maximum atomic E-state index is 12.1. The first-order valence-electron chi connectivity index (χ1n) is 5.82. The Morgan fingerprint density at radius 3 is 2.71 bits per heavy atom. The number of aliphatic hydroxyl groups is 1. The monoisotopic (exact) mass is 235 g/mol. The summed E-state index contributed by atoms with van der Waals surface area (Å²) in [5.74, 6) is 0.714. The van der Waals surface area contributed by atoms with Crippen LogP contribution in [0, 0.1) is 0 Å². The van der Waals surface area contributed by atoms with Gasteiger partial charge in [0.2, 0.25) is 0 Å². The zero-order valence-corrected chi connectivity index (χ0v) is 9.93. The van der Waals surface area contributed by atoms with Crippen LogP contribution >= 0.6 is 0 Å². The van der Waals surface area contributed by atoms with Gasteiger partial charge in [0.1, 0.15) is 5.75 Å². The largest absolute Gasteiger partial charge is 0.497 e. The Hall–Kier alpha value is -1.55. The van der Waals surface area contributed by atoms with Crippen molar-refractivity contribution in [1.82, 2.24) is 4.90 Å². The number of methoxy groups -OCH3 is 1. The Balaban J connectivity index is 2.07. The van der Waals surface area contributed by atoms with Crippen molar-refractivity contribution >= 4 is 5.91 Å². The number of benzene rings is 1. The van der Waals surface area contributed by atoms with Gasteiger partial charge in [0.25, 0.3) is 5.91 Å². The Kier molecular flexibility index (Phi) is 3.64. The first-order chi connectivity index (χ1) is 8.20. The van der Waals surface area contributed by atoms with Gasteiger partial charge in [0.05, 0.1) is 13.2 Å². The maximum Gasteiger partial charge on any atom is 0.253 e. The van der Waals surface area contributed by atoms with E-state index in [9.17, 15) is 9.90 Å². The molecule has 2 rings (SSSR count). The molecule has 0 radical (unpaired) electrons. The number of amides is 1. The van der Waals surface area contributed by atoms with Crippen molar-refractivity contribution in [2.45, 2.75) is 18.9 Å². The van der Waals surface area contributed by atoms with E-state index >= 15 is 0 Å². The van der Waals surface area contributed by atoms with Crippen LogP contribution in [0.1, 0.15) is 23.2 Å². The smallest absolute Gasteiger partial charge is 0.253 e. The topological polar surface area (TPSA) is 49.8 Å². The van der Waals surface area contributed by atoms with Crippen molar-refractivity contribution in [1.29, 1.82) is 0 Å². The lowest BCUT2D eigenvalue weighted by molar-refractivity contribution is 0.0473. The van der Waals surface area contributed by atoms with Gasteiger partial charge in [-0.05, 0) is 37.1 Å². The number of ether oxygens (including phenoxy) is 1. The van der Waals surface area contributed by atoms with Crippen molar-refractivity contribution in [2.75, 3.05) is 20.2 Å². The third-order valence-electron chi connectivity index (χ3n) is 3.02. The highest BCUT2D eigenvalue weighted by Gasteiger charge is 2.22. The molecule has 4 nitrogen and oxygen atoms in total. The number of hydrogen-bond donors (Lipinski definition) is 1. The minimum absolute atomic E-state index is 0.0218. The van der Waals surface area contributed by atoms with Crippen LogP contribution in [-0.4, -0.2) is 42.2 Å². The summed E-state index contributed by atoms with van der Waals surface area (Å²) in [7, 11) is 1.60. The molecule has 1 heterocycles. The SMILES string of the molecule is COc1ccc(C(=O)N2CCCC(O)C2)cc1. The van der Waals surface area contributed by atoms with Crippen molar-refractivity contribution in [3.8, 4) is 5.75 Å². The third kappa shape index (κ3) is 2.77. The van der Waals surface area contributed by atoms with E-state index < -0.39 is 0 Å². The van der Waals surface area contributed by atoms with Crippen molar-refractivity contribution in [3.63, 3.8) is 0 Å². The molecular formula is C13H17NO3. The molecule has 1 atom stereocenters. The number of carbonyl (C=O) groups is 1. The molecular weight excluding hydrogens is 218 g/mol. The van der Waals surface area contributed by atoms with Crippen LogP contribution < -0.4 is 4.74 Å². The molecule has 0 aliphatic carbocycles. The fourth-order valence-electron chi connectivity index (χ4n) is 2.06. The molecule has 0 saturated carbocycles. The molecule has 1 aliphatic heterocycles. The van der Waals surface area contributed by atoms with Crippen molar-refractivity contribution in [3.05, 3.63) is 29.8 Å². The summed E-state index contributed by atoms with van der Waals surface area (Å²) in [5, 5.41) is 9.54. The summed E-state index contributed by atoms with van der Waals surface area (Å²) in [6.45, 7) is 1.16. The van der Waals surface area contributed by atoms with Crippen LogP contribution in [0.25, 0.3) is 0 Å². The third-order valence-corrected chi connectivity index (χ3v) is 3.02. The molecule has 1 aliphatic rings. The van der Waals surface area contributed by atoms with E-state index in [0.717, 1.165) is 25.1 Å². The first-order valence-corrected chi connectivity index (χ1v) is 5.82. The van der Waals surface area contributed by atoms with Gasteiger partial charge in [-0.15, -0.1) is 0 Å². The molecule has 0 bridgehead atoms. The number of nitrogens with zero attached hydrogens (tertiary/aromatic N) is 1. The van der Waals surface area contributed by atoms with Gasteiger partial charge in [0, 0.05) is 18.7 Å². The van der Waals surface area contributed by atoms with Gasteiger partial charge < -0.3 is 14.7 Å². The molecule has 1 unspecified atom stereocenters. The van der Waals surface area contributed by atoms with E-state index in [1.54, 1.807) is 36.3 Å². The summed E-state index contributed by atoms with van der Waals surface area (Å²) < 4.78 is 5.05. The molecule has 1 N–H and O–H groups in total. The predicted molar refractivity (Wildman–Crippen MR) is 64.1 cm³/mol. The van der Waals surface area contributed by atoms with E-state index in [2.05, 4.69) is 0 Å². The first kappa shape index (κ1) is 11.9. The van der Waals surface area contributed by atoms with Gasteiger partial charge in [0.15, 0.2) is 0 Å². The van der Waals surface area contributed by atoms with E-state index in [1.807, 2.05) is 0 Å². The van der Waals surface area contributed by atoms with Gasteiger partial charge in [-0.3, -0.25) is 4.79 Å². The lowest BCUT2D eigenvalue weighted by Crippen LogP contribution is -2.42. The molecule has 1 amide bonds. The lowest BCUT2D eigenvalue weighted by Gasteiger charge is -2.30. The van der Waals surface area contributed by atoms with E-state index in [-0.39, 0.29) is 12.0 Å². The molecule has 1 aromatic rings. The average molecular weight is 235 g/mol. The second kappa shape index (κ2) is 5.19. The standard InChI is InChI=1S/C13H17NO3/c1-17-12-6-4-10(5-7-12)13(16)14-8-2-3-11(15)9-14/h4-7,11,15H,2-3,8-9H2,1H3. The lowest BCUT2D eigenvalue weighted by atomic mass is 10.1. The van der Waals surface area contributed by atoms with Gasteiger partial charge in [-0.2, -0.15) is 0 Å². The minimum Gasteiger partial charge on any atom is -0.497 e. The van der Waals surface area contributed by atoms with Gasteiger partial charge >= 0.3 is 0 Å². The number of aliphatic hydroxyl groups excluding tert-OH is 1. The minimum atomic E-state index is -0.383. The van der Waals surface area contributed by atoms with Crippen LogP contribution in [0.4, 0.5) is 0 Å². The summed E-state index contributed by atoms with van der Waals surface area (Å²) in [6, 6.07) is 7.05. The molecule has 92 valence electrons. The van der Waals surface area contributed by atoms with Crippen molar-refractivity contribution in [2.24, 2.45) is 0 Å². The van der Waals surface area contributed by atoms with Crippen LogP contribution in [0.5, 0.6) is 5.75 Å². The highest BCUT2D eigenvalue weighted by molar-refractivity contribution is 5.94. The van der Waals surface area contributed by atoms with Crippen LogP contribution in [0.2, 0.25) is 0 Å². The number of hydrogen-bond acceptors (Lipinski definition) is 3. The summed E-state index contributed by atoms with van der Waals surface area (Å²) in [6.07, 6.45) is 1.26. The van der Waals surface area contributed by atoms with Gasteiger partial charge in [-0.1, -0.05) is 0 Å². The zero-order chi connectivity index (χ0) is 12.3. The van der Waals surface area contributed by atoms with E-state index in [1.165, 1.54) is 0 Å². The Morgan fingerprint density at radius 2 is 2.12 bits per heavy atom. The van der Waals surface area contributed by atoms with E-state index in [4.69, 9.17) is 4.74 Å². The molecule has 0 spiro atoms. The second-order valence-corrected chi connectivity index (χ2v) is 4.28. The van der Waals surface area contributed by atoms with Crippen LogP contribution in [0.3, 0.4) is 0 Å². The molecule has 4 heteroatoms. The van der Waals surface area contributed by atoms with E-state index in [0.29, 0.717) is 12.1 Å². The molecule has 1 fully saturated rings. The van der Waals surface area contributed by atoms with Crippen LogP contribution in [0.15, 0.2) is 24.3 Å². The van der Waals surface area contributed by atoms with Crippen LogP contribution in [-0.2, 0) is 0 Å². The van der Waals surface area contributed by atoms with Crippen molar-refractivity contribution < 1.29 is 14.6 Å². The number of rotatable bonds is 2. The summed E-state index contributed by atoms with van der Waals surface area (Å²) in [4.78, 5) is 13.8. The Morgan fingerprint density at radius 1 is 1.41 bits per heavy atom. The second-order valence-electron chi connectivity index (χ2n) is 4.28. The quantitative estimate of drug-likeness (QED) is 0.840. The molecule has 1 aromatic carbocycles. The predicted octanol–water partition coefficient (Wildman–Crippen LogP) is 1.29. The molecule has 0 aromatic heterocycles.